The number of halogens is 1. The van der Waals surface area contributed by atoms with Gasteiger partial charge >= 0.3 is 0 Å². The number of anilines is 1. The van der Waals surface area contributed by atoms with Crippen molar-refractivity contribution >= 4 is 17.0 Å². The third-order valence-electron chi connectivity index (χ3n) is 6.11. The number of morpholine rings is 1. The molecule has 1 saturated heterocycles. The molecule has 9 heteroatoms. The first-order valence-electron chi connectivity index (χ1n) is 10.9. The third kappa shape index (κ3) is 4.39. The summed E-state index contributed by atoms with van der Waals surface area (Å²) < 4.78 is 21.3. The van der Waals surface area contributed by atoms with Gasteiger partial charge in [0.25, 0.3) is 0 Å². The quantitative estimate of drug-likeness (QED) is 0.627. The molecule has 2 fully saturated rings. The van der Waals surface area contributed by atoms with Crippen LogP contribution in [0.5, 0.6) is 0 Å². The second-order valence-electron chi connectivity index (χ2n) is 8.39. The summed E-state index contributed by atoms with van der Waals surface area (Å²) in [7, 11) is 0. The number of hydrogen-bond acceptors (Lipinski definition) is 7. The molecule has 0 unspecified atom stereocenters. The Morgan fingerprint density at radius 3 is 2.68 bits per heavy atom. The number of nitrogens with one attached hydrogen (secondary N) is 1. The standard InChI is InChI=1S/C22H27FN6O2/c23-16-7-5-15(6-8-16)9-28-10-18(12-30)31-19(11-28)29-14-26-20-21(24-13-25-22(20)29)27-17-3-1-2-4-17/h5-8,13-14,17-19,30H,1-4,9-12H2,(H,24,25,27)/t18-,19+/m0/s1. The van der Waals surface area contributed by atoms with Crippen molar-refractivity contribution in [2.45, 2.75) is 50.6 Å². The molecule has 1 aliphatic carbocycles. The van der Waals surface area contributed by atoms with Crippen LogP contribution in [0.2, 0.25) is 0 Å². The molecule has 1 aliphatic heterocycles. The Morgan fingerprint density at radius 2 is 1.90 bits per heavy atom. The number of nitrogens with zero attached hydrogens (tertiary/aromatic N) is 5. The van der Waals surface area contributed by atoms with Gasteiger partial charge in [-0.1, -0.05) is 25.0 Å². The first-order valence-corrected chi connectivity index (χ1v) is 10.9. The maximum absolute atomic E-state index is 13.2. The summed E-state index contributed by atoms with van der Waals surface area (Å²) >= 11 is 0. The number of aliphatic hydroxyl groups excluding tert-OH is 1. The molecule has 2 aromatic heterocycles. The lowest BCUT2D eigenvalue weighted by Crippen LogP contribution is -2.46. The topological polar surface area (TPSA) is 88.3 Å². The molecule has 164 valence electrons. The largest absolute Gasteiger partial charge is 0.394 e. The summed E-state index contributed by atoms with van der Waals surface area (Å²) in [4.78, 5) is 15.7. The molecule has 3 aromatic rings. The van der Waals surface area contributed by atoms with Crippen LogP contribution in [0.15, 0.2) is 36.9 Å². The van der Waals surface area contributed by atoms with Gasteiger partial charge in [-0.3, -0.25) is 9.47 Å². The van der Waals surface area contributed by atoms with E-state index < -0.39 is 0 Å². The minimum atomic E-state index is -0.342. The molecule has 8 nitrogen and oxygen atoms in total. The smallest absolute Gasteiger partial charge is 0.167 e. The fraction of sp³-hybridized carbons (Fsp3) is 0.500. The van der Waals surface area contributed by atoms with Gasteiger partial charge in [0, 0.05) is 25.7 Å². The Labute approximate surface area is 180 Å². The van der Waals surface area contributed by atoms with Gasteiger partial charge in [0.1, 0.15) is 18.4 Å². The zero-order valence-electron chi connectivity index (χ0n) is 17.3. The average molecular weight is 426 g/mol. The molecular formula is C22H27FN6O2. The number of aromatic nitrogens is 4. The van der Waals surface area contributed by atoms with E-state index in [-0.39, 0.29) is 24.8 Å². The molecule has 1 aromatic carbocycles. The maximum atomic E-state index is 13.2. The van der Waals surface area contributed by atoms with E-state index in [0.29, 0.717) is 31.3 Å². The van der Waals surface area contributed by atoms with Crippen molar-refractivity contribution in [2.75, 3.05) is 25.0 Å². The summed E-state index contributed by atoms with van der Waals surface area (Å²) in [5, 5.41) is 13.3. The van der Waals surface area contributed by atoms with Gasteiger partial charge in [-0.25, -0.2) is 19.3 Å². The maximum Gasteiger partial charge on any atom is 0.167 e. The van der Waals surface area contributed by atoms with E-state index in [1.807, 2.05) is 4.57 Å². The van der Waals surface area contributed by atoms with E-state index in [1.165, 1.54) is 25.0 Å². The van der Waals surface area contributed by atoms with Crippen LogP contribution in [0.3, 0.4) is 0 Å². The summed E-state index contributed by atoms with van der Waals surface area (Å²) in [5.74, 6) is 0.511. The Morgan fingerprint density at radius 1 is 1.10 bits per heavy atom. The van der Waals surface area contributed by atoms with Crippen LogP contribution in [0.1, 0.15) is 37.5 Å². The number of imidazole rings is 1. The average Bonchev–Trinajstić information content (AvgIpc) is 3.45. The van der Waals surface area contributed by atoms with Crippen LogP contribution < -0.4 is 5.32 Å². The predicted molar refractivity (Wildman–Crippen MR) is 114 cm³/mol. The first-order chi connectivity index (χ1) is 15.2. The van der Waals surface area contributed by atoms with Crippen molar-refractivity contribution in [3.8, 4) is 0 Å². The van der Waals surface area contributed by atoms with Gasteiger partial charge < -0.3 is 15.2 Å². The molecular weight excluding hydrogens is 399 g/mol. The van der Waals surface area contributed by atoms with Crippen LogP contribution in [0, 0.1) is 5.82 Å². The van der Waals surface area contributed by atoms with E-state index >= 15 is 0 Å². The molecule has 31 heavy (non-hydrogen) atoms. The van der Waals surface area contributed by atoms with E-state index in [1.54, 1.807) is 24.8 Å². The Kier molecular flexibility index (Phi) is 5.80. The van der Waals surface area contributed by atoms with Crippen molar-refractivity contribution in [3.05, 3.63) is 48.3 Å². The molecule has 3 heterocycles. The molecule has 0 spiro atoms. The van der Waals surface area contributed by atoms with E-state index in [9.17, 15) is 9.50 Å². The number of rotatable bonds is 6. The normalized spacial score (nSPS) is 22.9. The first kappa shape index (κ1) is 20.3. The van der Waals surface area contributed by atoms with Crippen molar-refractivity contribution in [3.63, 3.8) is 0 Å². The van der Waals surface area contributed by atoms with Crippen LogP contribution in [0.25, 0.3) is 11.2 Å². The molecule has 5 rings (SSSR count). The third-order valence-corrected chi connectivity index (χ3v) is 6.11. The van der Waals surface area contributed by atoms with Gasteiger partial charge in [-0.15, -0.1) is 0 Å². The second-order valence-corrected chi connectivity index (χ2v) is 8.39. The zero-order valence-corrected chi connectivity index (χ0v) is 17.3. The number of aliphatic hydroxyl groups is 1. The molecule has 2 atom stereocenters. The molecule has 0 radical (unpaired) electrons. The van der Waals surface area contributed by atoms with Crippen molar-refractivity contribution in [2.24, 2.45) is 0 Å². The van der Waals surface area contributed by atoms with Gasteiger partial charge in [-0.2, -0.15) is 0 Å². The van der Waals surface area contributed by atoms with E-state index in [0.717, 1.165) is 29.7 Å². The summed E-state index contributed by atoms with van der Waals surface area (Å²) in [6, 6.07) is 6.94. The molecule has 2 aliphatic rings. The molecule has 2 N–H and O–H groups in total. The van der Waals surface area contributed by atoms with Crippen molar-refractivity contribution in [1.29, 1.82) is 0 Å². The van der Waals surface area contributed by atoms with Crippen molar-refractivity contribution in [1.82, 2.24) is 24.4 Å². The summed E-state index contributed by atoms with van der Waals surface area (Å²) in [6.45, 7) is 1.77. The summed E-state index contributed by atoms with van der Waals surface area (Å²) in [6.07, 6.45) is 7.40. The number of fused-ring (bicyclic) bond motifs is 1. The highest BCUT2D eigenvalue weighted by atomic mass is 19.1. The fourth-order valence-electron chi connectivity index (χ4n) is 4.55. The van der Waals surface area contributed by atoms with Gasteiger partial charge in [-0.05, 0) is 30.5 Å². The minimum absolute atomic E-state index is 0.0769. The summed E-state index contributed by atoms with van der Waals surface area (Å²) in [5.41, 5.74) is 2.45. The van der Waals surface area contributed by atoms with Crippen LogP contribution in [0.4, 0.5) is 10.2 Å². The lowest BCUT2D eigenvalue weighted by Gasteiger charge is -2.37. The highest BCUT2D eigenvalue weighted by Gasteiger charge is 2.30. The minimum Gasteiger partial charge on any atom is -0.394 e. The number of benzene rings is 1. The van der Waals surface area contributed by atoms with E-state index in [2.05, 4.69) is 25.2 Å². The fourth-order valence-corrected chi connectivity index (χ4v) is 4.55. The molecule has 1 saturated carbocycles. The van der Waals surface area contributed by atoms with Crippen LogP contribution in [-0.4, -0.2) is 61.4 Å². The Hall–Kier alpha value is -2.62. The zero-order chi connectivity index (χ0) is 21.2. The Balaban J connectivity index is 1.38. The molecule has 0 amide bonds. The Bertz CT molecular complexity index is 1020. The molecule has 0 bridgehead atoms. The van der Waals surface area contributed by atoms with Gasteiger partial charge in [0.15, 0.2) is 17.0 Å². The number of ether oxygens (including phenoxy) is 1. The second kappa shape index (κ2) is 8.86. The van der Waals surface area contributed by atoms with E-state index in [4.69, 9.17) is 4.74 Å². The van der Waals surface area contributed by atoms with Crippen LogP contribution in [-0.2, 0) is 11.3 Å². The van der Waals surface area contributed by atoms with Gasteiger partial charge in [0.2, 0.25) is 0 Å². The predicted octanol–water partition coefficient (Wildman–Crippen LogP) is 2.71. The highest BCUT2D eigenvalue weighted by Crippen LogP contribution is 2.28. The number of hydrogen-bond donors (Lipinski definition) is 2. The SMILES string of the molecule is OC[C@@H]1CN(Cc2ccc(F)cc2)C[C@H](n2cnc3c(NC4CCCC4)ncnc32)O1. The highest BCUT2D eigenvalue weighted by molar-refractivity contribution is 5.82. The van der Waals surface area contributed by atoms with Crippen molar-refractivity contribution < 1.29 is 14.2 Å². The van der Waals surface area contributed by atoms with Crippen LogP contribution >= 0.6 is 0 Å². The van der Waals surface area contributed by atoms with Gasteiger partial charge in [0.05, 0.1) is 19.0 Å². The lowest BCUT2D eigenvalue weighted by molar-refractivity contribution is -0.135. The lowest BCUT2D eigenvalue weighted by atomic mass is 10.1. The monoisotopic (exact) mass is 426 g/mol.